The molecule has 0 saturated heterocycles. The standard InChI is InChI=1S/C29H34N2O5/c1-34-24-16-15-22(20-26(24)35-2)27(28(32)30-23-12-7-4-8-13-23)31(29(33)25-14-9-19-36-25)18-17-21-10-5-3-6-11-21/h3,5-6,9-11,14-16,19-20,23,27H,4,7-8,12-13,17-18H2,1-2H3,(H,30,32). The summed E-state index contributed by atoms with van der Waals surface area (Å²) in [6.45, 7) is 0.334. The lowest BCUT2D eigenvalue weighted by atomic mass is 9.94. The van der Waals surface area contributed by atoms with Crippen molar-refractivity contribution in [1.29, 1.82) is 0 Å². The zero-order valence-electron chi connectivity index (χ0n) is 20.9. The molecule has 0 bridgehead atoms. The van der Waals surface area contributed by atoms with Crippen LogP contribution >= 0.6 is 0 Å². The molecule has 190 valence electrons. The van der Waals surface area contributed by atoms with Crippen molar-refractivity contribution in [3.8, 4) is 11.5 Å². The molecular formula is C29H34N2O5. The number of carbonyl (C=O) groups is 2. The Morgan fingerprint density at radius 3 is 2.39 bits per heavy atom. The molecule has 1 aliphatic carbocycles. The highest BCUT2D eigenvalue weighted by Crippen LogP contribution is 2.33. The third kappa shape index (κ3) is 6.08. The topological polar surface area (TPSA) is 81.0 Å². The predicted octanol–water partition coefficient (Wildman–Crippen LogP) is 5.17. The Hall–Kier alpha value is -3.74. The molecule has 36 heavy (non-hydrogen) atoms. The van der Waals surface area contributed by atoms with Gasteiger partial charge < -0.3 is 24.1 Å². The minimum atomic E-state index is -0.868. The maximum absolute atomic E-state index is 13.9. The first kappa shape index (κ1) is 25.4. The lowest BCUT2D eigenvalue weighted by Gasteiger charge is -2.33. The number of hydrogen-bond acceptors (Lipinski definition) is 5. The predicted molar refractivity (Wildman–Crippen MR) is 137 cm³/mol. The molecule has 1 aliphatic rings. The Morgan fingerprint density at radius 2 is 1.72 bits per heavy atom. The van der Waals surface area contributed by atoms with Crippen molar-refractivity contribution in [2.75, 3.05) is 20.8 Å². The number of carbonyl (C=O) groups excluding carboxylic acids is 2. The van der Waals surface area contributed by atoms with E-state index in [0.29, 0.717) is 30.0 Å². The summed E-state index contributed by atoms with van der Waals surface area (Å²) in [5, 5.41) is 3.23. The number of furan rings is 1. The van der Waals surface area contributed by atoms with Crippen LogP contribution in [0.5, 0.6) is 11.5 Å². The van der Waals surface area contributed by atoms with Crippen LogP contribution in [0.1, 0.15) is 59.8 Å². The zero-order chi connectivity index (χ0) is 25.3. The van der Waals surface area contributed by atoms with Gasteiger partial charge in [0.15, 0.2) is 17.3 Å². The summed E-state index contributed by atoms with van der Waals surface area (Å²) in [6.07, 6.45) is 7.32. The number of nitrogens with one attached hydrogen (secondary N) is 1. The molecule has 1 N–H and O–H groups in total. The first-order valence-corrected chi connectivity index (χ1v) is 12.5. The molecule has 0 spiro atoms. The highest BCUT2D eigenvalue weighted by Gasteiger charge is 2.34. The molecule has 7 heteroatoms. The van der Waals surface area contributed by atoms with Crippen LogP contribution in [0.25, 0.3) is 0 Å². The van der Waals surface area contributed by atoms with Gasteiger partial charge in [-0.15, -0.1) is 0 Å². The summed E-state index contributed by atoms with van der Waals surface area (Å²) in [5.74, 6) is 0.704. The highest BCUT2D eigenvalue weighted by molar-refractivity contribution is 5.96. The normalized spacial score (nSPS) is 14.6. The van der Waals surface area contributed by atoms with Gasteiger partial charge in [0.05, 0.1) is 20.5 Å². The summed E-state index contributed by atoms with van der Waals surface area (Å²) in [7, 11) is 3.12. The first-order chi connectivity index (χ1) is 17.6. The maximum Gasteiger partial charge on any atom is 0.290 e. The third-order valence-corrected chi connectivity index (χ3v) is 6.71. The van der Waals surface area contributed by atoms with Crippen LogP contribution in [0.2, 0.25) is 0 Å². The van der Waals surface area contributed by atoms with Crippen molar-refractivity contribution >= 4 is 11.8 Å². The Bertz CT molecular complexity index is 1120. The molecule has 0 aliphatic heterocycles. The molecule has 4 rings (SSSR count). The second-order valence-corrected chi connectivity index (χ2v) is 9.07. The van der Waals surface area contributed by atoms with Crippen molar-refractivity contribution in [3.05, 3.63) is 83.8 Å². The van der Waals surface area contributed by atoms with Crippen LogP contribution in [0.15, 0.2) is 71.3 Å². The van der Waals surface area contributed by atoms with E-state index in [1.165, 1.54) is 12.7 Å². The van der Waals surface area contributed by atoms with Crippen molar-refractivity contribution in [3.63, 3.8) is 0 Å². The molecule has 2 aromatic carbocycles. The molecule has 7 nitrogen and oxygen atoms in total. The van der Waals surface area contributed by atoms with E-state index >= 15 is 0 Å². The van der Waals surface area contributed by atoms with Gasteiger partial charge in [-0.3, -0.25) is 9.59 Å². The second kappa shape index (κ2) is 12.3. The summed E-state index contributed by atoms with van der Waals surface area (Å²) in [4.78, 5) is 29.2. The fraction of sp³-hybridized carbons (Fsp3) is 0.379. The summed E-state index contributed by atoms with van der Waals surface area (Å²) in [6, 6.07) is 17.8. The molecule has 1 aromatic heterocycles. The van der Waals surface area contributed by atoms with E-state index in [-0.39, 0.29) is 23.6 Å². The molecular weight excluding hydrogens is 456 g/mol. The summed E-state index contributed by atoms with van der Waals surface area (Å²) >= 11 is 0. The third-order valence-electron chi connectivity index (χ3n) is 6.71. The van der Waals surface area contributed by atoms with E-state index < -0.39 is 6.04 Å². The lowest BCUT2D eigenvalue weighted by Crippen LogP contribution is -2.47. The quantitative estimate of drug-likeness (QED) is 0.424. The van der Waals surface area contributed by atoms with Crippen molar-refractivity contribution in [2.24, 2.45) is 0 Å². The number of ether oxygens (including phenoxy) is 2. The van der Waals surface area contributed by atoms with Gasteiger partial charge in [-0.1, -0.05) is 55.7 Å². The van der Waals surface area contributed by atoms with Crippen LogP contribution in [0, 0.1) is 0 Å². The van der Waals surface area contributed by atoms with E-state index in [0.717, 1.165) is 31.2 Å². The zero-order valence-corrected chi connectivity index (χ0v) is 20.9. The second-order valence-electron chi connectivity index (χ2n) is 9.07. The molecule has 1 unspecified atom stereocenters. The maximum atomic E-state index is 13.9. The van der Waals surface area contributed by atoms with E-state index in [9.17, 15) is 9.59 Å². The molecule has 1 fully saturated rings. The van der Waals surface area contributed by atoms with Gasteiger partial charge in [0.2, 0.25) is 5.91 Å². The number of hydrogen-bond donors (Lipinski definition) is 1. The lowest BCUT2D eigenvalue weighted by molar-refractivity contribution is -0.126. The van der Waals surface area contributed by atoms with Gasteiger partial charge in [0, 0.05) is 12.6 Å². The number of rotatable bonds is 10. The summed E-state index contributed by atoms with van der Waals surface area (Å²) < 4.78 is 16.4. The molecule has 2 amide bonds. The monoisotopic (exact) mass is 490 g/mol. The van der Waals surface area contributed by atoms with Gasteiger partial charge in [0.1, 0.15) is 6.04 Å². The van der Waals surface area contributed by atoms with Crippen LogP contribution in [-0.2, 0) is 11.2 Å². The van der Waals surface area contributed by atoms with Crippen molar-refractivity contribution in [2.45, 2.75) is 50.6 Å². The number of methoxy groups -OCH3 is 2. The Balaban J connectivity index is 1.72. The number of nitrogens with zero attached hydrogens (tertiary/aromatic N) is 1. The fourth-order valence-electron chi connectivity index (χ4n) is 4.81. The Labute approximate surface area is 212 Å². The minimum Gasteiger partial charge on any atom is -0.493 e. The highest BCUT2D eigenvalue weighted by atomic mass is 16.5. The minimum absolute atomic E-state index is 0.101. The molecule has 3 aromatic rings. The molecule has 0 radical (unpaired) electrons. The number of amides is 2. The first-order valence-electron chi connectivity index (χ1n) is 12.5. The number of benzene rings is 2. The summed E-state index contributed by atoms with van der Waals surface area (Å²) in [5.41, 5.74) is 1.72. The average molecular weight is 491 g/mol. The largest absolute Gasteiger partial charge is 0.493 e. The SMILES string of the molecule is COc1ccc(C(C(=O)NC2CCCCC2)N(CCc2ccccc2)C(=O)c2ccco2)cc1OC. The van der Waals surface area contributed by atoms with E-state index in [1.54, 1.807) is 43.4 Å². The Morgan fingerprint density at radius 1 is 0.972 bits per heavy atom. The molecule has 1 atom stereocenters. The van der Waals surface area contributed by atoms with Gasteiger partial charge in [0.25, 0.3) is 5.91 Å². The average Bonchev–Trinajstić information content (AvgIpc) is 3.46. The van der Waals surface area contributed by atoms with E-state index in [4.69, 9.17) is 13.9 Å². The fourth-order valence-corrected chi connectivity index (χ4v) is 4.81. The van der Waals surface area contributed by atoms with Gasteiger partial charge in [-0.25, -0.2) is 0 Å². The van der Waals surface area contributed by atoms with E-state index in [2.05, 4.69) is 5.32 Å². The van der Waals surface area contributed by atoms with Crippen molar-refractivity contribution < 1.29 is 23.5 Å². The van der Waals surface area contributed by atoms with Crippen LogP contribution in [0.4, 0.5) is 0 Å². The smallest absolute Gasteiger partial charge is 0.290 e. The van der Waals surface area contributed by atoms with Crippen LogP contribution in [0.3, 0.4) is 0 Å². The van der Waals surface area contributed by atoms with Gasteiger partial charge in [-0.05, 0) is 54.7 Å². The van der Waals surface area contributed by atoms with Crippen LogP contribution in [-0.4, -0.2) is 43.5 Å². The Kier molecular flexibility index (Phi) is 8.66. The van der Waals surface area contributed by atoms with E-state index in [1.807, 2.05) is 36.4 Å². The van der Waals surface area contributed by atoms with Gasteiger partial charge >= 0.3 is 0 Å². The van der Waals surface area contributed by atoms with Crippen molar-refractivity contribution in [1.82, 2.24) is 10.2 Å². The molecule has 1 heterocycles. The van der Waals surface area contributed by atoms with Crippen LogP contribution < -0.4 is 14.8 Å². The van der Waals surface area contributed by atoms with Gasteiger partial charge in [-0.2, -0.15) is 0 Å². The molecule has 1 saturated carbocycles.